The number of nitrogens with zero attached hydrogens (tertiary/aromatic N) is 2. The van der Waals surface area contributed by atoms with Crippen LogP contribution >= 0.6 is 0 Å². The fraction of sp³-hybridized carbons (Fsp3) is 0.214. The maximum absolute atomic E-state index is 12.1. The quantitative estimate of drug-likeness (QED) is 0.872. The predicted octanol–water partition coefficient (Wildman–Crippen LogP) is 2.17. The van der Waals surface area contributed by atoms with E-state index in [4.69, 9.17) is 4.74 Å². The van der Waals surface area contributed by atoms with Crippen LogP contribution in [0.15, 0.2) is 36.7 Å². The van der Waals surface area contributed by atoms with Crippen molar-refractivity contribution in [2.24, 2.45) is 0 Å². The van der Waals surface area contributed by atoms with Gasteiger partial charge in [0, 0.05) is 18.8 Å². The maximum atomic E-state index is 12.1. The first kappa shape index (κ1) is 13.8. The lowest BCUT2D eigenvalue weighted by molar-refractivity contribution is 0.102. The summed E-state index contributed by atoms with van der Waals surface area (Å²) in [6, 6.07) is 7.20. The van der Waals surface area contributed by atoms with Gasteiger partial charge in [-0.2, -0.15) is 0 Å². The first-order valence-electron chi connectivity index (χ1n) is 6.27. The van der Waals surface area contributed by atoms with E-state index in [1.54, 1.807) is 25.4 Å². The van der Waals surface area contributed by atoms with E-state index in [0.29, 0.717) is 23.9 Å². The molecule has 0 saturated carbocycles. The summed E-state index contributed by atoms with van der Waals surface area (Å²) in [5.41, 5.74) is 0.899. The number of hydrogen-bond acceptors (Lipinski definition) is 5. The molecule has 0 fully saturated rings. The van der Waals surface area contributed by atoms with Crippen molar-refractivity contribution in [2.75, 3.05) is 24.3 Å². The third-order valence-corrected chi connectivity index (χ3v) is 2.53. The number of benzene rings is 1. The molecule has 0 aliphatic heterocycles. The zero-order valence-electron chi connectivity index (χ0n) is 11.4. The molecule has 20 heavy (non-hydrogen) atoms. The molecule has 0 bridgehead atoms. The minimum atomic E-state index is -0.316. The number of carbonyl (C=O) groups is 1. The Kier molecular flexibility index (Phi) is 4.49. The molecule has 0 radical (unpaired) electrons. The van der Waals surface area contributed by atoms with Gasteiger partial charge >= 0.3 is 0 Å². The molecule has 6 nitrogen and oxygen atoms in total. The van der Waals surface area contributed by atoms with E-state index in [1.165, 1.54) is 6.20 Å². The van der Waals surface area contributed by atoms with E-state index in [0.717, 1.165) is 0 Å². The summed E-state index contributed by atoms with van der Waals surface area (Å²) in [5, 5.41) is 5.60. The van der Waals surface area contributed by atoms with Gasteiger partial charge in [0.15, 0.2) is 0 Å². The van der Waals surface area contributed by atoms with Crippen LogP contribution in [0.1, 0.15) is 17.4 Å². The van der Waals surface area contributed by atoms with Crippen LogP contribution in [0.5, 0.6) is 5.75 Å². The monoisotopic (exact) mass is 272 g/mol. The van der Waals surface area contributed by atoms with Gasteiger partial charge in [0.2, 0.25) is 0 Å². The minimum absolute atomic E-state index is 0.249. The van der Waals surface area contributed by atoms with Crippen molar-refractivity contribution in [3.63, 3.8) is 0 Å². The molecule has 2 aromatic rings. The first-order valence-corrected chi connectivity index (χ1v) is 6.27. The molecule has 1 amide bonds. The molecule has 0 unspecified atom stereocenters. The Morgan fingerprint density at radius 3 is 2.95 bits per heavy atom. The predicted molar refractivity (Wildman–Crippen MR) is 77.1 cm³/mol. The van der Waals surface area contributed by atoms with E-state index in [2.05, 4.69) is 20.6 Å². The van der Waals surface area contributed by atoms with Crippen molar-refractivity contribution in [1.82, 2.24) is 9.97 Å². The number of rotatable bonds is 5. The molecule has 0 saturated heterocycles. The second kappa shape index (κ2) is 6.51. The minimum Gasteiger partial charge on any atom is -0.494 e. The van der Waals surface area contributed by atoms with Crippen molar-refractivity contribution < 1.29 is 9.53 Å². The van der Waals surface area contributed by atoms with E-state index in [1.807, 2.05) is 19.1 Å². The Labute approximate surface area is 117 Å². The molecule has 1 heterocycles. The zero-order valence-corrected chi connectivity index (χ0v) is 11.4. The Hall–Kier alpha value is -2.63. The third kappa shape index (κ3) is 3.44. The fourth-order valence-corrected chi connectivity index (χ4v) is 1.62. The van der Waals surface area contributed by atoms with Gasteiger partial charge in [-0.1, -0.05) is 6.07 Å². The number of carbonyl (C=O) groups excluding carboxylic acids is 1. The van der Waals surface area contributed by atoms with Gasteiger partial charge in [-0.25, -0.2) is 4.98 Å². The van der Waals surface area contributed by atoms with Crippen LogP contribution in [0.3, 0.4) is 0 Å². The average Bonchev–Trinajstić information content (AvgIpc) is 2.48. The van der Waals surface area contributed by atoms with E-state index >= 15 is 0 Å². The number of amides is 1. The maximum Gasteiger partial charge on any atom is 0.275 e. The molecule has 6 heteroatoms. The summed E-state index contributed by atoms with van der Waals surface area (Å²) >= 11 is 0. The zero-order chi connectivity index (χ0) is 14.4. The number of hydrogen-bond donors (Lipinski definition) is 2. The van der Waals surface area contributed by atoms with E-state index in [9.17, 15) is 4.79 Å². The van der Waals surface area contributed by atoms with Gasteiger partial charge in [-0.15, -0.1) is 0 Å². The highest BCUT2D eigenvalue weighted by molar-refractivity contribution is 6.02. The lowest BCUT2D eigenvalue weighted by atomic mass is 10.3. The lowest BCUT2D eigenvalue weighted by Crippen LogP contribution is -2.14. The molecule has 1 aromatic carbocycles. The lowest BCUT2D eigenvalue weighted by Gasteiger charge is -2.08. The van der Waals surface area contributed by atoms with Crippen LogP contribution < -0.4 is 15.4 Å². The van der Waals surface area contributed by atoms with Crippen molar-refractivity contribution in [3.8, 4) is 5.75 Å². The van der Waals surface area contributed by atoms with Crippen LogP contribution in [0.4, 0.5) is 11.5 Å². The van der Waals surface area contributed by atoms with Gasteiger partial charge < -0.3 is 15.4 Å². The Balaban J connectivity index is 2.12. The molecule has 2 rings (SSSR count). The molecule has 0 atom stereocenters. The fourth-order valence-electron chi connectivity index (χ4n) is 1.62. The van der Waals surface area contributed by atoms with Crippen LogP contribution in [0.25, 0.3) is 0 Å². The van der Waals surface area contributed by atoms with Crippen LogP contribution in [-0.4, -0.2) is 29.5 Å². The first-order chi connectivity index (χ1) is 9.72. The van der Waals surface area contributed by atoms with Crippen molar-refractivity contribution in [2.45, 2.75) is 6.92 Å². The topological polar surface area (TPSA) is 76.1 Å². The Morgan fingerprint density at radius 2 is 2.20 bits per heavy atom. The molecule has 2 N–H and O–H groups in total. The molecular weight excluding hydrogens is 256 g/mol. The van der Waals surface area contributed by atoms with Crippen molar-refractivity contribution in [3.05, 3.63) is 42.4 Å². The smallest absolute Gasteiger partial charge is 0.275 e. The summed E-state index contributed by atoms with van der Waals surface area (Å²) in [7, 11) is 1.72. The van der Waals surface area contributed by atoms with Crippen LogP contribution in [0, 0.1) is 0 Å². The second-order valence-corrected chi connectivity index (χ2v) is 3.95. The molecule has 0 spiro atoms. The van der Waals surface area contributed by atoms with Crippen molar-refractivity contribution in [1.29, 1.82) is 0 Å². The van der Waals surface area contributed by atoms with Gasteiger partial charge in [-0.3, -0.25) is 9.78 Å². The highest BCUT2D eigenvalue weighted by Gasteiger charge is 2.09. The molecule has 1 aromatic heterocycles. The van der Waals surface area contributed by atoms with Crippen LogP contribution in [-0.2, 0) is 0 Å². The van der Waals surface area contributed by atoms with Gasteiger partial charge in [0.1, 0.15) is 17.3 Å². The molecule has 0 aliphatic carbocycles. The third-order valence-electron chi connectivity index (χ3n) is 2.53. The Bertz CT molecular complexity index is 601. The van der Waals surface area contributed by atoms with Gasteiger partial charge in [0.05, 0.1) is 19.0 Å². The highest BCUT2D eigenvalue weighted by atomic mass is 16.5. The van der Waals surface area contributed by atoms with E-state index in [-0.39, 0.29) is 11.6 Å². The molecule has 104 valence electrons. The second-order valence-electron chi connectivity index (χ2n) is 3.95. The summed E-state index contributed by atoms with van der Waals surface area (Å²) in [5.74, 6) is 0.935. The largest absolute Gasteiger partial charge is 0.494 e. The number of aromatic nitrogens is 2. The number of ether oxygens (including phenoxy) is 1. The SMILES string of the molecule is CCOc1cccc(NC(=O)c2cncc(NC)n2)c1. The highest BCUT2D eigenvalue weighted by Crippen LogP contribution is 2.17. The van der Waals surface area contributed by atoms with Gasteiger partial charge in [-0.05, 0) is 19.1 Å². The summed E-state index contributed by atoms with van der Waals surface area (Å²) in [6.07, 6.45) is 2.97. The van der Waals surface area contributed by atoms with E-state index < -0.39 is 0 Å². The van der Waals surface area contributed by atoms with Crippen LogP contribution in [0.2, 0.25) is 0 Å². The number of anilines is 2. The normalized spacial score (nSPS) is 9.90. The summed E-state index contributed by atoms with van der Waals surface area (Å²) in [4.78, 5) is 20.2. The molecule has 0 aliphatic rings. The van der Waals surface area contributed by atoms with Gasteiger partial charge in [0.25, 0.3) is 5.91 Å². The summed E-state index contributed by atoms with van der Waals surface area (Å²) < 4.78 is 5.38. The number of nitrogens with one attached hydrogen (secondary N) is 2. The van der Waals surface area contributed by atoms with Crippen molar-refractivity contribution >= 4 is 17.4 Å². The Morgan fingerprint density at radius 1 is 1.35 bits per heavy atom. The standard InChI is InChI=1S/C14H16N4O2/c1-3-20-11-6-4-5-10(7-11)17-14(19)12-8-16-9-13(15-2)18-12/h4-9H,3H2,1-2H3,(H,15,18)(H,17,19). The molecular formula is C14H16N4O2. The average molecular weight is 272 g/mol. The summed E-state index contributed by atoms with van der Waals surface area (Å²) in [6.45, 7) is 2.48.